The predicted octanol–water partition coefficient (Wildman–Crippen LogP) is 1.91. The molecule has 1 aromatic carbocycles. The number of fused-ring (bicyclic) bond motifs is 1. The molecule has 6 nitrogen and oxygen atoms in total. The van der Waals surface area contributed by atoms with Crippen LogP contribution in [0.4, 0.5) is 5.82 Å². The molecule has 2 aromatic rings. The number of nitrogens with zero attached hydrogens (tertiary/aromatic N) is 2. The quantitative estimate of drug-likeness (QED) is 0.856. The summed E-state index contributed by atoms with van der Waals surface area (Å²) in [4.78, 5) is 11.2. The summed E-state index contributed by atoms with van der Waals surface area (Å²) in [5.41, 5.74) is 7.62. The highest BCUT2D eigenvalue weighted by Crippen LogP contribution is 2.46. The van der Waals surface area contributed by atoms with Gasteiger partial charge in [0.2, 0.25) is 0 Å². The van der Waals surface area contributed by atoms with Crippen LogP contribution in [-0.2, 0) is 7.05 Å². The lowest BCUT2D eigenvalue weighted by atomic mass is 10.0. The summed E-state index contributed by atoms with van der Waals surface area (Å²) in [7, 11) is 1.74. The van der Waals surface area contributed by atoms with Crippen molar-refractivity contribution in [3.63, 3.8) is 0 Å². The summed E-state index contributed by atoms with van der Waals surface area (Å²) in [5.74, 6) is 1.32. The third-order valence-electron chi connectivity index (χ3n) is 3.19. The van der Waals surface area contributed by atoms with Gasteiger partial charge in [-0.3, -0.25) is 9.48 Å². The van der Waals surface area contributed by atoms with Gasteiger partial charge < -0.3 is 15.2 Å². The fourth-order valence-electron chi connectivity index (χ4n) is 2.16. The second-order valence-electron chi connectivity index (χ2n) is 4.36. The van der Waals surface area contributed by atoms with E-state index in [1.54, 1.807) is 24.0 Å². The molecule has 0 bridgehead atoms. The number of anilines is 1. The first-order valence-electron chi connectivity index (χ1n) is 5.98. The zero-order valence-corrected chi connectivity index (χ0v) is 11.5. The molecule has 1 aliphatic heterocycles. The van der Waals surface area contributed by atoms with Gasteiger partial charge >= 0.3 is 0 Å². The fraction of sp³-hybridized carbons (Fsp3) is 0.231. The maximum Gasteiger partial charge on any atom is 0.174 e. The van der Waals surface area contributed by atoms with E-state index >= 15 is 0 Å². The fourth-order valence-corrected chi connectivity index (χ4v) is 2.40. The molecular formula is C13H12ClN3O3. The number of aromatic nitrogens is 2. The van der Waals surface area contributed by atoms with E-state index in [1.807, 2.05) is 0 Å². The molecule has 2 heterocycles. The Bertz CT molecular complexity index is 697. The van der Waals surface area contributed by atoms with E-state index in [2.05, 4.69) is 5.10 Å². The first-order valence-corrected chi connectivity index (χ1v) is 6.36. The maximum absolute atomic E-state index is 11.2. The lowest BCUT2D eigenvalue weighted by molar-refractivity contribution is 0.111. The molecule has 0 fully saturated rings. The Morgan fingerprint density at radius 1 is 1.35 bits per heavy atom. The first-order chi connectivity index (χ1) is 9.63. The van der Waals surface area contributed by atoms with E-state index in [-0.39, 0.29) is 5.56 Å². The van der Waals surface area contributed by atoms with Crippen LogP contribution < -0.4 is 15.2 Å². The average molecular weight is 294 g/mol. The second kappa shape index (κ2) is 4.72. The topological polar surface area (TPSA) is 79.4 Å². The highest BCUT2D eigenvalue weighted by Gasteiger charge is 2.25. The van der Waals surface area contributed by atoms with E-state index in [9.17, 15) is 4.79 Å². The minimum atomic E-state index is 0.285. The number of carbonyl (C=O) groups excluding carboxylic acids is 1. The van der Waals surface area contributed by atoms with Gasteiger partial charge in [0.15, 0.2) is 17.8 Å². The van der Waals surface area contributed by atoms with Crippen LogP contribution >= 0.6 is 11.6 Å². The molecule has 1 aromatic heterocycles. The average Bonchev–Trinajstić information content (AvgIpc) is 2.78. The normalized spacial score (nSPS) is 13.3. The van der Waals surface area contributed by atoms with Crippen molar-refractivity contribution in [1.29, 1.82) is 0 Å². The third kappa shape index (κ3) is 1.80. The third-order valence-corrected chi connectivity index (χ3v) is 3.51. The molecule has 0 aliphatic carbocycles. The van der Waals surface area contributed by atoms with Crippen molar-refractivity contribution in [3.8, 4) is 22.6 Å². The molecule has 0 spiro atoms. The molecule has 0 saturated carbocycles. The number of carbonyl (C=O) groups is 1. The monoisotopic (exact) mass is 293 g/mol. The molecule has 0 amide bonds. The number of halogens is 1. The van der Waals surface area contributed by atoms with Crippen molar-refractivity contribution >= 4 is 23.7 Å². The molecule has 1 aliphatic rings. The van der Waals surface area contributed by atoms with Crippen LogP contribution in [0.15, 0.2) is 12.3 Å². The van der Waals surface area contributed by atoms with Crippen LogP contribution in [0.1, 0.15) is 10.4 Å². The van der Waals surface area contributed by atoms with Crippen molar-refractivity contribution in [2.24, 2.45) is 7.05 Å². The van der Waals surface area contributed by atoms with Crippen LogP contribution in [0.3, 0.4) is 0 Å². The summed E-state index contributed by atoms with van der Waals surface area (Å²) >= 11 is 6.14. The highest BCUT2D eigenvalue weighted by atomic mass is 35.5. The Morgan fingerprint density at radius 3 is 2.65 bits per heavy atom. The number of aldehydes is 1. The number of benzene rings is 1. The first kappa shape index (κ1) is 12.8. The van der Waals surface area contributed by atoms with E-state index in [0.717, 1.165) is 0 Å². The van der Waals surface area contributed by atoms with Gasteiger partial charge in [-0.1, -0.05) is 11.6 Å². The Morgan fingerprint density at radius 2 is 2.05 bits per heavy atom. The zero-order chi connectivity index (χ0) is 14.3. The molecule has 20 heavy (non-hydrogen) atoms. The van der Waals surface area contributed by atoms with E-state index in [1.165, 1.54) is 0 Å². The lowest BCUT2D eigenvalue weighted by Crippen LogP contribution is -2.17. The van der Waals surface area contributed by atoms with Crippen LogP contribution in [-0.4, -0.2) is 29.3 Å². The number of rotatable bonds is 2. The standard InChI is InChI=1S/C13H12ClN3O3/c1-17-13(15)8(5-16-17)7-4-10(14)9(6-18)12-11(7)19-2-3-20-12/h4-6H,2-3,15H2,1H3. The summed E-state index contributed by atoms with van der Waals surface area (Å²) < 4.78 is 12.7. The van der Waals surface area contributed by atoms with Crippen molar-refractivity contribution in [1.82, 2.24) is 9.78 Å². The van der Waals surface area contributed by atoms with Crippen molar-refractivity contribution in [3.05, 3.63) is 22.8 Å². The largest absolute Gasteiger partial charge is 0.485 e. The summed E-state index contributed by atoms with van der Waals surface area (Å²) in [5, 5.41) is 4.39. The van der Waals surface area contributed by atoms with Gasteiger partial charge in [0.1, 0.15) is 19.0 Å². The Kier molecular flexibility index (Phi) is 3.02. The van der Waals surface area contributed by atoms with Crippen molar-refractivity contribution < 1.29 is 14.3 Å². The number of nitrogens with two attached hydrogens (primary N) is 1. The number of hydrogen-bond acceptors (Lipinski definition) is 5. The van der Waals surface area contributed by atoms with Crippen LogP contribution in [0.25, 0.3) is 11.1 Å². The minimum Gasteiger partial charge on any atom is -0.485 e. The highest BCUT2D eigenvalue weighted by molar-refractivity contribution is 6.33. The van der Waals surface area contributed by atoms with Gasteiger partial charge in [-0.05, 0) is 6.07 Å². The van der Waals surface area contributed by atoms with Crippen LogP contribution in [0.2, 0.25) is 5.02 Å². The second-order valence-corrected chi connectivity index (χ2v) is 4.77. The lowest BCUT2D eigenvalue weighted by Gasteiger charge is -2.23. The molecule has 2 N–H and O–H groups in total. The number of ether oxygens (including phenoxy) is 2. The van der Waals surface area contributed by atoms with E-state index < -0.39 is 0 Å². The molecule has 3 rings (SSSR count). The molecule has 0 unspecified atom stereocenters. The molecule has 0 atom stereocenters. The number of nitrogen functional groups attached to an aromatic ring is 1. The summed E-state index contributed by atoms with van der Waals surface area (Å²) in [6.45, 7) is 0.774. The predicted molar refractivity (Wildman–Crippen MR) is 74.4 cm³/mol. The molecular weight excluding hydrogens is 282 g/mol. The molecule has 0 radical (unpaired) electrons. The van der Waals surface area contributed by atoms with Crippen LogP contribution in [0.5, 0.6) is 11.5 Å². The van der Waals surface area contributed by atoms with Crippen molar-refractivity contribution in [2.75, 3.05) is 18.9 Å². The van der Waals surface area contributed by atoms with Gasteiger partial charge in [-0.2, -0.15) is 5.10 Å². The Hall–Kier alpha value is -2.21. The smallest absolute Gasteiger partial charge is 0.174 e. The van der Waals surface area contributed by atoms with Crippen LogP contribution in [0, 0.1) is 0 Å². The SMILES string of the molecule is Cn1ncc(-c2cc(Cl)c(C=O)c3c2OCCO3)c1N. The van der Waals surface area contributed by atoms with Crippen molar-refractivity contribution in [2.45, 2.75) is 0 Å². The Labute approximate surface area is 120 Å². The number of aryl methyl sites for hydroxylation is 1. The summed E-state index contributed by atoms with van der Waals surface area (Å²) in [6, 6.07) is 1.65. The number of hydrogen-bond donors (Lipinski definition) is 1. The Balaban J connectivity index is 2.29. The minimum absolute atomic E-state index is 0.285. The van der Waals surface area contributed by atoms with Gasteiger partial charge in [0.25, 0.3) is 0 Å². The van der Waals surface area contributed by atoms with Gasteiger partial charge in [-0.15, -0.1) is 0 Å². The summed E-state index contributed by atoms with van der Waals surface area (Å²) in [6.07, 6.45) is 2.28. The van der Waals surface area contributed by atoms with Gasteiger partial charge in [-0.25, -0.2) is 0 Å². The van der Waals surface area contributed by atoms with E-state index in [0.29, 0.717) is 53.0 Å². The molecule has 0 saturated heterocycles. The van der Waals surface area contributed by atoms with E-state index in [4.69, 9.17) is 26.8 Å². The zero-order valence-electron chi connectivity index (χ0n) is 10.7. The maximum atomic E-state index is 11.2. The molecule has 104 valence electrons. The van der Waals surface area contributed by atoms with Gasteiger partial charge in [0, 0.05) is 18.2 Å². The molecule has 7 heteroatoms. The van der Waals surface area contributed by atoms with Gasteiger partial charge in [0.05, 0.1) is 16.8 Å².